The number of carbonyl (C=O) groups is 4. The predicted octanol–water partition coefficient (Wildman–Crippen LogP) is 1.63. The number of carbonyl (C=O) groups excluding carboxylic acids is 3. The molecule has 0 saturated carbocycles. The molecule has 3 aliphatic rings. The summed E-state index contributed by atoms with van der Waals surface area (Å²) in [5, 5.41) is 21.3. The number of piperidine rings is 1. The van der Waals surface area contributed by atoms with Gasteiger partial charge in [-0.3, -0.25) is 9.59 Å². The largest absolute Gasteiger partial charge is 0.493 e. The highest BCUT2D eigenvalue weighted by Crippen LogP contribution is 2.62. The molecule has 2 aliphatic heterocycles. The zero-order valence-electron chi connectivity index (χ0n) is 23.4. The van der Waals surface area contributed by atoms with Crippen LogP contribution in [0.1, 0.15) is 51.2 Å². The van der Waals surface area contributed by atoms with Gasteiger partial charge in [-0.15, -0.1) is 0 Å². The third kappa shape index (κ3) is 4.68. The van der Waals surface area contributed by atoms with Crippen LogP contribution >= 0.6 is 0 Å². The van der Waals surface area contributed by atoms with Gasteiger partial charge in [0.15, 0.2) is 23.7 Å². The summed E-state index contributed by atoms with van der Waals surface area (Å²) in [5.41, 5.74) is -0.557. The monoisotopic (exact) mass is 561 g/mol. The topological polar surface area (TPSA) is 158 Å². The van der Waals surface area contributed by atoms with Gasteiger partial charge < -0.3 is 38.8 Å². The van der Waals surface area contributed by atoms with E-state index in [1.165, 1.54) is 7.11 Å². The number of aliphatic hydroxyl groups is 1. The van der Waals surface area contributed by atoms with Crippen molar-refractivity contribution in [1.82, 2.24) is 4.90 Å². The lowest BCUT2D eigenvalue weighted by atomic mass is 9.54. The number of methoxy groups -OCH3 is 1. The molecule has 40 heavy (non-hydrogen) atoms. The minimum atomic E-state index is -1.71. The van der Waals surface area contributed by atoms with Gasteiger partial charge >= 0.3 is 23.9 Å². The van der Waals surface area contributed by atoms with Crippen molar-refractivity contribution in [3.63, 3.8) is 0 Å². The molecule has 218 valence electrons. The molecule has 0 radical (unpaired) electrons. The number of carboxylic acids is 1. The van der Waals surface area contributed by atoms with Gasteiger partial charge in [0.05, 0.1) is 24.5 Å². The average Bonchev–Trinajstić information content (AvgIpc) is 3.25. The third-order valence-electron chi connectivity index (χ3n) is 8.33. The Morgan fingerprint density at radius 1 is 1.23 bits per heavy atom. The van der Waals surface area contributed by atoms with Crippen molar-refractivity contribution in [3.05, 3.63) is 35.1 Å². The second kappa shape index (κ2) is 10.7. The van der Waals surface area contributed by atoms with Gasteiger partial charge in [-0.05, 0) is 58.5 Å². The Kier molecular flexibility index (Phi) is 7.88. The summed E-state index contributed by atoms with van der Waals surface area (Å²) in [6.45, 7) is 6.69. The van der Waals surface area contributed by atoms with E-state index in [-0.39, 0.29) is 18.2 Å². The molecule has 12 heteroatoms. The summed E-state index contributed by atoms with van der Waals surface area (Å²) < 4.78 is 27.5. The molecule has 4 rings (SSSR count). The van der Waals surface area contributed by atoms with E-state index in [9.17, 15) is 24.3 Å². The number of esters is 3. The van der Waals surface area contributed by atoms with E-state index in [4.69, 9.17) is 28.8 Å². The van der Waals surface area contributed by atoms with E-state index in [0.717, 1.165) is 25.0 Å². The zero-order chi connectivity index (χ0) is 29.6. The third-order valence-corrected chi connectivity index (χ3v) is 8.33. The fraction of sp³-hybridized carbons (Fsp3) is 0.571. The van der Waals surface area contributed by atoms with Crippen molar-refractivity contribution in [3.8, 4) is 11.5 Å². The van der Waals surface area contributed by atoms with Crippen LogP contribution in [0.4, 0.5) is 0 Å². The highest BCUT2D eigenvalue weighted by Gasteiger charge is 2.69. The lowest BCUT2D eigenvalue weighted by molar-refractivity contribution is -0.178. The zero-order valence-corrected chi connectivity index (χ0v) is 23.4. The van der Waals surface area contributed by atoms with Gasteiger partial charge in [0.1, 0.15) is 5.76 Å². The lowest BCUT2D eigenvalue weighted by Gasteiger charge is -2.58. The molecule has 6 atom stereocenters. The molecule has 0 bridgehead atoms. The Morgan fingerprint density at radius 3 is 2.55 bits per heavy atom. The standard InChI is InChI=1S/C28H35NO11/c1-14-7-8-18(36-6)23-22(14)27-11-12-29(5)16(3)28(27,35)10-9-19(24(27)40-23)39-21(31)13-20(38-17(4)30)26(34)37-15(2)25(32)33/h7-9,15-16,20,24,35H,10-13H2,1-6H3,(H,32,33)/t15-,16+,20-,24-,27-,28+/m0/s1. The molecule has 2 N–H and O–H groups in total. The van der Waals surface area contributed by atoms with E-state index in [2.05, 4.69) is 4.90 Å². The first-order valence-corrected chi connectivity index (χ1v) is 13.1. The number of nitrogens with zero attached hydrogens (tertiary/aromatic N) is 1. The van der Waals surface area contributed by atoms with E-state index < -0.39 is 59.6 Å². The highest BCUT2D eigenvalue weighted by molar-refractivity contribution is 5.86. The van der Waals surface area contributed by atoms with Crippen molar-refractivity contribution in [2.45, 2.75) is 82.3 Å². The van der Waals surface area contributed by atoms with Crippen molar-refractivity contribution < 1.29 is 53.1 Å². The predicted molar refractivity (Wildman–Crippen MR) is 138 cm³/mol. The summed E-state index contributed by atoms with van der Waals surface area (Å²) in [5.74, 6) is -3.29. The van der Waals surface area contributed by atoms with Crippen LogP contribution in [0.25, 0.3) is 0 Å². The van der Waals surface area contributed by atoms with Gasteiger partial charge in [0.25, 0.3) is 0 Å². The molecule has 1 aromatic carbocycles. The van der Waals surface area contributed by atoms with Crippen LogP contribution in [-0.4, -0.2) is 89.6 Å². The van der Waals surface area contributed by atoms with E-state index in [1.807, 2.05) is 27.0 Å². The summed E-state index contributed by atoms with van der Waals surface area (Å²) >= 11 is 0. The average molecular weight is 562 g/mol. The fourth-order valence-electron chi connectivity index (χ4n) is 6.15. The van der Waals surface area contributed by atoms with Gasteiger partial charge in [0.2, 0.25) is 6.10 Å². The molecule has 0 unspecified atom stereocenters. The van der Waals surface area contributed by atoms with E-state index in [1.54, 1.807) is 12.1 Å². The number of likely N-dealkylation sites (N-methyl/N-ethyl adjacent to an activating group) is 1. The Morgan fingerprint density at radius 2 is 1.93 bits per heavy atom. The van der Waals surface area contributed by atoms with Crippen LogP contribution in [0, 0.1) is 6.92 Å². The second-order valence-corrected chi connectivity index (χ2v) is 10.6. The number of likely N-dealkylation sites (tertiary alicyclic amines) is 1. The van der Waals surface area contributed by atoms with Crippen LogP contribution in [0.3, 0.4) is 0 Å². The maximum Gasteiger partial charge on any atom is 0.348 e. The number of hydrogen-bond donors (Lipinski definition) is 2. The molecule has 1 fully saturated rings. The molecule has 0 aromatic heterocycles. The Balaban J connectivity index is 1.67. The first-order valence-electron chi connectivity index (χ1n) is 13.1. The molecule has 1 spiro atoms. The number of fused-ring (bicyclic) bond motifs is 1. The van der Waals surface area contributed by atoms with Gasteiger partial charge in [-0.25, -0.2) is 9.59 Å². The minimum absolute atomic E-state index is 0.151. The number of rotatable bonds is 8. The fourth-order valence-corrected chi connectivity index (χ4v) is 6.15. The van der Waals surface area contributed by atoms with E-state index in [0.29, 0.717) is 24.5 Å². The molecular formula is C28H35NO11. The maximum absolute atomic E-state index is 13.1. The quantitative estimate of drug-likeness (QED) is 0.350. The van der Waals surface area contributed by atoms with Crippen molar-refractivity contribution in [2.75, 3.05) is 20.7 Å². The highest BCUT2D eigenvalue weighted by atomic mass is 16.6. The molecular weight excluding hydrogens is 526 g/mol. The van der Waals surface area contributed by atoms with Gasteiger partial charge in [-0.2, -0.15) is 0 Å². The minimum Gasteiger partial charge on any atom is -0.493 e. The van der Waals surface area contributed by atoms with Crippen LogP contribution in [-0.2, 0) is 38.8 Å². The molecule has 1 aromatic rings. The summed E-state index contributed by atoms with van der Waals surface area (Å²) in [6.07, 6.45) is -2.58. The van der Waals surface area contributed by atoms with Crippen LogP contribution in [0.2, 0.25) is 0 Å². The molecule has 12 nitrogen and oxygen atoms in total. The Hall–Kier alpha value is -3.64. The number of carboxylic acid groups (broad SMARTS) is 1. The number of aliphatic carboxylic acids is 1. The van der Waals surface area contributed by atoms with Gasteiger partial charge in [0, 0.05) is 24.9 Å². The number of aryl methyl sites for hydroxylation is 1. The summed E-state index contributed by atoms with van der Waals surface area (Å²) in [7, 11) is 3.46. The van der Waals surface area contributed by atoms with Crippen LogP contribution in [0.15, 0.2) is 24.0 Å². The first kappa shape index (κ1) is 29.3. The van der Waals surface area contributed by atoms with Crippen LogP contribution < -0.4 is 9.47 Å². The molecule has 1 aliphatic carbocycles. The normalized spacial score (nSPS) is 28.4. The van der Waals surface area contributed by atoms with E-state index >= 15 is 0 Å². The lowest BCUT2D eigenvalue weighted by Crippen LogP contribution is -2.71. The molecule has 1 saturated heterocycles. The van der Waals surface area contributed by atoms with Crippen molar-refractivity contribution in [2.24, 2.45) is 0 Å². The van der Waals surface area contributed by atoms with Crippen molar-refractivity contribution >= 4 is 23.9 Å². The smallest absolute Gasteiger partial charge is 0.348 e. The number of ether oxygens (including phenoxy) is 5. The summed E-state index contributed by atoms with van der Waals surface area (Å²) in [6, 6.07) is 3.42. The Labute approximate surface area is 231 Å². The Bertz CT molecular complexity index is 1260. The SMILES string of the molecule is COc1ccc(C)c2c1O[C@H]1C(OC(=O)C[C@H](OC(C)=O)C(=O)O[C@@H](C)C(=O)O)=CC[C@@]3(O)[C@@H](C)N(C)CC[C@]213. The molecule has 0 amide bonds. The first-order chi connectivity index (χ1) is 18.8. The van der Waals surface area contributed by atoms with Crippen molar-refractivity contribution in [1.29, 1.82) is 0 Å². The number of hydrogen-bond acceptors (Lipinski definition) is 11. The maximum atomic E-state index is 13.1. The van der Waals surface area contributed by atoms with Crippen LogP contribution in [0.5, 0.6) is 11.5 Å². The second-order valence-electron chi connectivity index (χ2n) is 10.6. The summed E-state index contributed by atoms with van der Waals surface area (Å²) in [4.78, 5) is 50.4. The molecule has 2 heterocycles. The van der Waals surface area contributed by atoms with Gasteiger partial charge in [-0.1, -0.05) is 6.07 Å². The number of benzene rings is 1.